The highest BCUT2D eigenvalue weighted by atomic mass is 16.4. The third-order valence-corrected chi connectivity index (χ3v) is 3.06. The lowest BCUT2D eigenvalue weighted by atomic mass is 10.2. The Morgan fingerprint density at radius 3 is 2.55 bits per heavy atom. The molecule has 1 aromatic heterocycles. The zero-order valence-electron chi connectivity index (χ0n) is 11.3. The predicted molar refractivity (Wildman–Crippen MR) is 75.6 cm³/mol. The van der Waals surface area contributed by atoms with Gasteiger partial charge in [0.1, 0.15) is 0 Å². The fourth-order valence-electron chi connectivity index (χ4n) is 1.86. The summed E-state index contributed by atoms with van der Waals surface area (Å²) in [5.41, 5.74) is 0.724. The molecule has 0 radical (unpaired) electrons. The van der Waals surface area contributed by atoms with Gasteiger partial charge in [-0.1, -0.05) is 0 Å². The van der Waals surface area contributed by atoms with Crippen molar-refractivity contribution in [3.05, 3.63) is 52.6 Å². The van der Waals surface area contributed by atoms with E-state index in [1.54, 1.807) is 41.0 Å². The molecule has 6 nitrogen and oxygen atoms in total. The van der Waals surface area contributed by atoms with E-state index in [4.69, 9.17) is 5.11 Å². The number of carboxylic acid groups (broad SMARTS) is 1. The summed E-state index contributed by atoms with van der Waals surface area (Å²) in [6.07, 6.45) is 3.20. The average molecular weight is 273 g/mol. The van der Waals surface area contributed by atoms with Crippen LogP contribution in [0.2, 0.25) is 0 Å². The molecule has 0 amide bonds. The molecule has 0 saturated carbocycles. The largest absolute Gasteiger partial charge is 0.478 e. The van der Waals surface area contributed by atoms with E-state index in [1.807, 2.05) is 6.92 Å². The highest BCUT2D eigenvalue weighted by Crippen LogP contribution is 2.19. The lowest BCUT2D eigenvalue weighted by Gasteiger charge is -2.18. The molecular weight excluding hydrogens is 258 g/mol. The number of benzene rings is 1. The van der Waals surface area contributed by atoms with Gasteiger partial charge in [0.15, 0.2) is 5.82 Å². The van der Waals surface area contributed by atoms with Crippen LogP contribution in [-0.2, 0) is 6.54 Å². The first-order valence-corrected chi connectivity index (χ1v) is 6.17. The number of anilines is 2. The van der Waals surface area contributed by atoms with E-state index >= 15 is 0 Å². The minimum atomic E-state index is -0.981. The molecule has 1 aromatic carbocycles. The Morgan fingerprint density at radius 1 is 1.35 bits per heavy atom. The minimum Gasteiger partial charge on any atom is -0.478 e. The summed E-state index contributed by atoms with van der Waals surface area (Å²) in [6, 6.07) is 6.28. The SMILES string of the molecule is CCn1ccnc(N(C)c2ccc(C(=O)O)cc2)c1=O. The van der Waals surface area contributed by atoms with Gasteiger partial charge in [-0.15, -0.1) is 0 Å². The molecule has 2 rings (SSSR count). The predicted octanol–water partition coefficient (Wildman–Crippen LogP) is 1.73. The summed E-state index contributed by atoms with van der Waals surface area (Å²) in [6.45, 7) is 2.45. The second kappa shape index (κ2) is 5.56. The van der Waals surface area contributed by atoms with Crippen molar-refractivity contribution in [1.82, 2.24) is 9.55 Å². The third kappa shape index (κ3) is 2.54. The van der Waals surface area contributed by atoms with Crippen LogP contribution in [0.15, 0.2) is 41.5 Å². The van der Waals surface area contributed by atoms with Crippen molar-refractivity contribution in [1.29, 1.82) is 0 Å². The molecule has 104 valence electrons. The summed E-state index contributed by atoms with van der Waals surface area (Å²) in [7, 11) is 1.72. The molecule has 0 fully saturated rings. The molecule has 2 aromatic rings. The molecule has 0 bridgehead atoms. The molecule has 0 aliphatic heterocycles. The maximum atomic E-state index is 12.2. The van der Waals surface area contributed by atoms with Gasteiger partial charge in [-0.3, -0.25) is 4.79 Å². The fraction of sp³-hybridized carbons (Fsp3) is 0.214. The van der Waals surface area contributed by atoms with Crippen LogP contribution in [-0.4, -0.2) is 27.7 Å². The lowest BCUT2D eigenvalue weighted by molar-refractivity contribution is 0.0697. The van der Waals surface area contributed by atoms with Crippen molar-refractivity contribution in [3.63, 3.8) is 0 Å². The van der Waals surface area contributed by atoms with Gasteiger partial charge in [0, 0.05) is 31.7 Å². The first kappa shape index (κ1) is 13.8. The van der Waals surface area contributed by atoms with E-state index in [1.165, 1.54) is 12.1 Å². The summed E-state index contributed by atoms with van der Waals surface area (Å²) >= 11 is 0. The number of aromatic carboxylic acids is 1. The van der Waals surface area contributed by atoms with E-state index in [0.717, 1.165) is 0 Å². The van der Waals surface area contributed by atoms with Gasteiger partial charge in [0.2, 0.25) is 0 Å². The number of carbonyl (C=O) groups is 1. The summed E-state index contributed by atoms with van der Waals surface area (Å²) in [5, 5.41) is 8.86. The summed E-state index contributed by atoms with van der Waals surface area (Å²) < 4.78 is 1.56. The number of carboxylic acids is 1. The Balaban J connectivity index is 2.38. The normalized spacial score (nSPS) is 10.3. The van der Waals surface area contributed by atoms with E-state index in [-0.39, 0.29) is 11.1 Å². The summed E-state index contributed by atoms with van der Waals surface area (Å²) in [4.78, 5) is 28.7. The van der Waals surface area contributed by atoms with Gasteiger partial charge in [-0.2, -0.15) is 0 Å². The highest BCUT2D eigenvalue weighted by Gasteiger charge is 2.12. The van der Waals surface area contributed by atoms with Crippen LogP contribution >= 0.6 is 0 Å². The highest BCUT2D eigenvalue weighted by molar-refractivity contribution is 5.88. The monoisotopic (exact) mass is 273 g/mol. The first-order chi connectivity index (χ1) is 9.54. The van der Waals surface area contributed by atoms with E-state index in [2.05, 4.69) is 4.98 Å². The van der Waals surface area contributed by atoms with Gasteiger partial charge in [0.25, 0.3) is 5.56 Å². The zero-order valence-corrected chi connectivity index (χ0v) is 11.3. The quantitative estimate of drug-likeness (QED) is 0.918. The van der Waals surface area contributed by atoms with Crippen molar-refractivity contribution in [2.75, 3.05) is 11.9 Å². The average Bonchev–Trinajstić information content (AvgIpc) is 2.47. The van der Waals surface area contributed by atoms with Gasteiger partial charge < -0.3 is 14.6 Å². The Kier molecular flexibility index (Phi) is 3.84. The molecule has 1 heterocycles. The maximum Gasteiger partial charge on any atom is 0.335 e. The van der Waals surface area contributed by atoms with Gasteiger partial charge in [-0.25, -0.2) is 9.78 Å². The second-order valence-electron chi connectivity index (χ2n) is 4.25. The number of aryl methyl sites for hydroxylation is 1. The van der Waals surface area contributed by atoms with Crippen molar-refractivity contribution in [3.8, 4) is 0 Å². The number of rotatable bonds is 4. The van der Waals surface area contributed by atoms with Crippen LogP contribution in [0, 0.1) is 0 Å². The molecule has 0 atom stereocenters. The Morgan fingerprint density at radius 2 is 2.00 bits per heavy atom. The molecule has 6 heteroatoms. The maximum absolute atomic E-state index is 12.2. The summed E-state index contributed by atoms with van der Waals surface area (Å²) in [5.74, 6) is -0.678. The molecule has 0 aliphatic carbocycles. The van der Waals surface area contributed by atoms with Crippen molar-refractivity contribution in [2.45, 2.75) is 13.5 Å². The van der Waals surface area contributed by atoms with Crippen molar-refractivity contribution < 1.29 is 9.90 Å². The van der Waals surface area contributed by atoms with Crippen LogP contribution in [0.25, 0.3) is 0 Å². The number of hydrogen-bond acceptors (Lipinski definition) is 4. The van der Waals surface area contributed by atoms with Crippen LogP contribution < -0.4 is 10.5 Å². The molecular formula is C14H15N3O3. The number of nitrogens with zero attached hydrogens (tertiary/aromatic N) is 3. The molecule has 0 spiro atoms. The zero-order chi connectivity index (χ0) is 14.7. The van der Waals surface area contributed by atoms with Crippen molar-refractivity contribution in [2.24, 2.45) is 0 Å². The Hall–Kier alpha value is -2.63. The van der Waals surface area contributed by atoms with Crippen molar-refractivity contribution >= 4 is 17.5 Å². The van der Waals surface area contributed by atoms with Crippen LogP contribution in [0.3, 0.4) is 0 Å². The number of aromatic nitrogens is 2. The first-order valence-electron chi connectivity index (χ1n) is 6.17. The fourth-order valence-corrected chi connectivity index (χ4v) is 1.86. The second-order valence-corrected chi connectivity index (χ2v) is 4.25. The van der Waals surface area contributed by atoms with Gasteiger partial charge in [0.05, 0.1) is 5.56 Å². The molecule has 0 saturated heterocycles. The standard InChI is InChI=1S/C14H15N3O3/c1-3-17-9-8-15-12(13(17)18)16(2)11-6-4-10(5-7-11)14(19)20/h4-9H,3H2,1-2H3,(H,19,20). The number of hydrogen-bond donors (Lipinski definition) is 1. The van der Waals surface area contributed by atoms with Crippen LogP contribution in [0.4, 0.5) is 11.5 Å². The molecule has 0 aliphatic rings. The van der Waals surface area contributed by atoms with Crippen LogP contribution in [0.1, 0.15) is 17.3 Å². The Bertz CT molecular complexity index is 677. The van der Waals surface area contributed by atoms with Crippen LogP contribution in [0.5, 0.6) is 0 Å². The topological polar surface area (TPSA) is 75.4 Å². The van der Waals surface area contributed by atoms with E-state index in [0.29, 0.717) is 18.1 Å². The molecule has 1 N–H and O–H groups in total. The third-order valence-electron chi connectivity index (χ3n) is 3.06. The minimum absolute atomic E-state index is 0.181. The van der Waals surface area contributed by atoms with Gasteiger partial charge in [-0.05, 0) is 31.2 Å². The molecule has 20 heavy (non-hydrogen) atoms. The smallest absolute Gasteiger partial charge is 0.335 e. The lowest BCUT2D eigenvalue weighted by Crippen LogP contribution is -2.27. The van der Waals surface area contributed by atoms with E-state index in [9.17, 15) is 9.59 Å². The molecule has 0 unspecified atom stereocenters. The van der Waals surface area contributed by atoms with Gasteiger partial charge >= 0.3 is 5.97 Å². The van der Waals surface area contributed by atoms with E-state index < -0.39 is 5.97 Å². The Labute approximate surface area is 115 Å².